The minimum absolute atomic E-state index is 0.739. The van der Waals surface area contributed by atoms with E-state index >= 15 is 0 Å². The van der Waals surface area contributed by atoms with Gasteiger partial charge in [-0.05, 0) is 57.5 Å². The Labute approximate surface area is 134 Å². The van der Waals surface area contributed by atoms with Gasteiger partial charge >= 0.3 is 0 Å². The van der Waals surface area contributed by atoms with Crippen LogP contribution in [0.5, 0.6) is 0 Å². The molecule has 1 aromatic heterocycles. The van der Waals surface area contributed by atoms with Gasteiger partial charge in [-0.15, -0.1) is 0 Å². The maximum absolute atomic E-state index is 6.44. The highest BCUT2D eigenvalue weighted by Crippen LogP contribution is 2.39. The molecule has 120 valence electrons. The molecule has 1 fully saturated rings. The molecule has 1 saturated carbocycles. The fraction of sp³-hybridized carbons (Fsp3) is 0.824. The van der Waals surface area contributed by atoms with Crippen LogP contribution in [0, 0.1) is 24.7 Å². The van der Waals surface area contributed by atoms with Crippen LogP contribution in [0.1, 0.15) is 50.3 Å². The molecule has 21 heavy (non-hydrogen) atoms. The number of nitrogens with one attached hydrogen (secondary N) is 1. The number of aromatic nitrogens is 2. The van der Waals surface area contributed by atoms with E-state index in [1.165, 1.54) is 37.7 Å². The van der Waals surface area contributed by atoms with Crippen LogP contribution >= 0.6 is 11.6 Å². The second-order valence-corrected chi connectivity index (χ2v) is 7.09. The first-order chi connectivity index (χ1) is 10.1. The molecule has 3 atom stereocenters. The van der Waals surface area contributed by atoms with E-state index < -0.39 is 0 Å². The van der Waals surface area contributed by atoms with Crippen LogP contribution in [0.15, 0.2) is 0 Å². The quantitative estimate of drug-likeness (QED) is 0.861. The Balaban J connectivity index is 2.11. The average Bonchev–Trinajstić information content (AvgIpc) is 2.69. The molecule has 4 heteroatoms. The second-order valence-electron chi connectivity index (χ2n) is 6.73. The molecular formula is C17H30ClN3. The molecule has 1 aliphatic rings. The third-order valence-corrected chi connectivity index (χ3v) is 5.62. The summed E-state index contributed by atoms with van der Waals surface area (Å²) in [6, 6.07) is 0. The van der Waals surface area contributed by atoms with Crippen LogP contribution in [0.3, 0.4) is 0 Å². The molecule has 1 heterocycles. The van der Waals surface area contributed by atoms with Gasteiger partial charge in [0.1, 0.15) is 5.15 Å². The summed E-state index contributed by atoms with van der Waals surface area (Å²) in [5, 5.41) is 8.68. The number of aryl methyl sites for hydroxylation is 2. The first kappa shape index (κ1) is 16.8. The van der Waals surface area contributed by atoms with E-state index in [0.717, 1.165) is 41.6 Å². The SMILES string of the molecule is CCCC1CCC(CNC)C(Cc2c(C)nn(C)c2Cl)C1. The van der Waals surface area contributed by atoms with E-state index in [9.17, 15) is 0 Å². The summed E-state index contributed by atoms with van der Waals surface area (Å²) in [6.45, 7) is 5.51. The van der Waals surface area contributed by atoms with Crippen LogP contribution in [0.4, 0.5) is 0 Å². The van der Waals surface area contributed by atoms with Crippen molar-refractivity contribution in [1.29, 1.82) is 0 Å². The number of halogens is 1. The molecule has 1 aromatic rings. The number of nitrogens with zero attached hydrogens (tertiary/aromatic N) is 2. The van der Waals surface area contributed by atoms with Gasteiger partial charge < -0.3 is 5.32 Å². The topological polar surface area (TPSA) is 29.9 Å². The van der Waals surface area contributed by atoms with Crippen LogP contribution in [-0.2, 0) is 13.5 Å². The number of rotatable bonds is 6. The van der Waals surface area contributed by atoms with Gasteiger partial charge in [0.25, 0.3) is 0 Å². The first-order valence-corrected chi connectivity index (χ1v) is 8.77. The molecule has 0 radical (unpaired) electrons. The first-order valence-electron chi connectivity index (χ1n) is 8.39. The molecule has 0 spiro atoms. The molecule has 3 nitrogen and oxygen atoms in total. The Morgan fingerprint density at radius 2 is 2.10 bits per heavy atom. The van der Waals surface area contributed by atoms with E-state index in [1.54, 1.807) is 0 Å². The highest BCUT2D eigenvalue weighted by Gasteiger charge is 2.31. The molecule has 1 aliphatic carbocycles. The van der Waals surface area contributed by atoms with E-state index in [-0.39, 0.29) is 0 Å². The fourth-order valence-corrected chi connectivity index (χ4v) is 4.29. The van der Waals surface area contributed by atoms with Crippen LogP contribution in [0.25, 0.3) is 0 Å². The summed E-state index contributed by atoms with van der Waals surface area (Å²) in [5.74, 6) is 2.42. The van der Waals surface area contributed by atoms with Crippen LogP contribution in [0.2, 0.25) is 5.15 Å². The third kappa shape index (κ3) is 4.01. The van der Waals surface area contributed by atoms with Crippen molar-refractivity contribution in [3.63, 3.8) is 0 Å². The van der Waals surface area contributed by atoms with E-state index in [4.69, 9.17) is 11.6 Å². The standard InChI is InChI=1S/C17H30ClN3/c1-5-6-13-7-8-14(11-19-3)15(9-13)10-16-12(2)20-21(4)17(16)18/h13-15,19H,5-11H2,1-4H3. The molecule has 0 amide bonds. The zero-order valence-electron chi connectivity index (χ0n) is 14.0. The van der Waals surface area contributed by atoms with Gasteiger partial charge in [0.05, 0.1) is 5.69 Å². The molecule has 0 aromatic carbocycles. The van der Waals surface area contributed by atoms with Gasteiger partial charge in [0, 0.05) is 12.6 Å². The number of hydrogen-bond acceptors (Lipinski definition) is 2. The maximum atomic E-state index is 6.44. The molecule has 3 unspecified atom stereocenters. The average molecular weight is 312 g/mol. The second kappa shape index (κ2) is 7.64. The predicted octanol–water partition coefficient (Wildman–Crippen LogP) is 3.98. The lowest BCUT2D eigenvalue weighted by Crippen LogP contribution is -2.33. The zero-order valence-corrected chi connectivity index (χ0v) is 14.7. The van der Waals surface area contributed by atoms with Crippen molar-refractivity contribution in [2.75, 3.05) is 13.6 Å². The largest absolute Gasteiger partial charge is 0.319 e. The Morgan fingerprint density at radius 3 is 2.67 bits per heavy atom. The molecule has 0 aliphatic heterocycles. The van der Waals surface area contributed by atoms with Crippen molar-refractivity contribution in [1.82, 2.24) is 15.1 Å². The number of hydrogen-bond donors (Lipinski definition) is 1. The molecule has 1 N–H and O–H groups in total. The van der Waals surface area contributed by atoms with Gasteiger partial charge in [0.15, 0.2) is 0 Å². The monoisotopic (exact) mass is 311 g/mol. The Morgan fingerprint density at radius 1 is 1.33 bits per heavy atom. The van der Waals surface area contributed by atoms with Gasteiger partial charge in [-0.3, -0.25) is 4.68 Å². The van der Waals surface area contributed by atoms with Crippen LogP contribution in [-0.4, -0.2) is 23.4 Å². The van der Waals surface area contributed by atoms with Gasteiger partial charge in [-0.2, -0.15) is 5.10 Å². The molecule has 0 saturated heterocycles. The Hall–Kier alpha value is -0.540. The summed E-state index contributed by atoms with van der Waals surface area (Å²) in [4.78, 5) is 0. The van der Waals surface area contributed by atoms with Crippen LogP contribution < -0.4 is 5.32 Å². The lowest BCUT2D eigenvalue weighted by Gasteiger charge is -2.36. The normalized spacial score (nSPS) is 26.2. The summed E-state index contributed by atoms with van der Waals surface area (Å²) < 4.78 is 1.81. The third-order valence-electron chi connectivity index (χ3n) is 5.15. The van der Waals surface area contributed by atoms with E-state index in [0.29, 0.717) is 0 Å². The van der Waals surface area contributed by atoms with E-state index in [2.05, 4.69) is 31.3 Å². The minimum atomic E-state index is 0.739. The summed E-state index contributed by atoms with van der Waals surface area (Å²) in [6.07, 6.45) is 7.88. The lowest BCUT2D eigenvalue weighted by atomic mass is 9.70. The summed E-state index contributed by atoms with van der Waals surface area (Å²) in [5.41, 5.74) is 2.37. The smallest absolute Gasteiger partial charge is 0.130 e. The molecule has 0 bridgehead atoms. The van der Waals surface area contributed by atoms with E-state index in [1.807, 2.05) is 11.7 Å². The lowest BCUT2D eigenvalue weighted by molar-refractivity contribution is 0.169. The minimum Gasteiger partial charge on any atom is -0.319 e. The highest BCUT2D eigenvalue weighted by molar-refractivity contribution is 6.30. The van der Waals surface area contributed by atoms with Crippen molar-refractivity contribution < 1.29 is 0 Å². The van der Waals surface area contributed by atoms with Gasteiger partial charge in [-0.25, -0.2) is 0 Å². The van der Waals surface area contributed by atoms with Crippen molar-refractivity contribution in [3.05, 3.63) is 16.4 Å². The van der Waals surface area contributed by atoms with Crippen molar-refractivity contribution in [3.8, 4) is 0 Å². The molecule has 2 rings (SSSR count). The van der Waals surface area contributed by atoms with Gasteiger partial charge in [-0.1, -0.05) is 37.8 Å². The van der Waals surface area contributed by atoms with Gasteiger partial charge in [0.2, 0.25) is 0 Å². The Kier molecular flexibility index (Phi) is 6.12. The van der Waals surface area contributed by atoms with Crippen molar-refractivity contribution in [2.24, 2.45) is 24.8 Å². The molecular weight excluding hydrogens is 282 g/mol. The summed E-state index contributed by atoms with van der Waals surface area (Å²) >= 11 is 6.44. The predicted molar refractivity (Wildman–Crippen MR) is 89.8 cm³/mol. The summed E-state index contributed by atoms with van der Waals surface area (Å²) in [7, 11) is 4.00. The zero-order chi connectivity index (χ0) is 15.4. The Bertz CT molecular complexity index is 455. The van der Waals surface area contributed by atoms with Crippen molar-refractivity contribution >= 4 is 11.6 Å². The maximum Gasteiger partial charge on any atom is 0.130 e. The fourth-order valence-electron chi connectivity index (χ4n) is 4.04. The highest BCUT2D eigenvalue weighted by atomic mass is 35.5. The van der Waals surface area contributed by atoms with Crippen molar-refractivity contribution in [2.45, 2.75) is 52.4 Å².